The fraction of sp³-hybridized carbons (Fsp3) is 0.280. The average molecular weight is 415 g/mol. The lowest BCUT2D eigenvalue weighted by Crippen LogP contribution is -2.28. The summed E-state index contributed by atoms with van der Waals surface area (Å²) in [6.45, 7) is 3.66. The number of nitrogens with one attached hydrogen (secondary N) is 1. The molecule has 0 unspecified atom stereocenters. The van der Waals surface area contributed by atoms with E-state index in [1.807, 2.05) is 12.1 Å². The Balaban J connectivity index is 1.71. The molecule has 31 heavy (non-hydrogen) atoms. The largest absolute Gasteiger partial charge is 0.497 e. The van der Waals surface area contributed by atoms with Gasteiger partial charge in [0.1, 0.15) is 17.9 Å². The Morgan fingerprint density at radius 3 is 2.71 bits per heavy atom. The molecule has 0 amide bonds. The highest BCUT2D eigenvalue weighted by Gasteiger charge is 2.21. The molecule has 5 rings (SSSR count). The first-order valence-corrected chi connectivity index (χ1v) is 10.6. The Bertz CT molecular complexity index is 1210. The summed E-state index contributed by atoms with van der Waals surface area (Å²) in [7, 11) is 1.69. The number of aromatic nitrogens is 3. The Labute approximate surface area is 181 Å². The zero-order valence-electron chi connectivity index (χ0n) is 17.8. The molecule has 1 aliphatic heterocycles. The average Bonchev–Trinajstić information content (AvgIpc) is 3.21. The lowest BCUT2D eigenvalue weighted by atomic mass is 10.0. The zero-order chi connectivity index (χ0) is 21.2. The van der Waals surface area contributed by atoms with Crippen LogP contribution in [0.4, 0.5) is 5.82 Å². The van der Waals surface area contributed by atoms with Crippen molar-refractivity contribution >= 4 is 16.9 Å². The van der Waals surface area contributed by atoms with Gasteiger partial charge in [-0.3, -0.25) is 0 Å². The summed E-state index contributed by atoms with van der Waals surface area (Å²) in [6.07, 6.45) is 5.74. The predicted molar refractivity (Wildman–Crippen MR) is 123 cm³/mol. The molecular weight excluding hydrogens is 388 g/mol. The minimum Gasteiger partial charge on any atom is -0.497 e. The fourth-order valence-corrected chi connectivity index (χ4v) is 4.19. The van der Waals surface area contributed by atoms with Crippen LogP contribution in [-0.2, 0) is 4.74 Å². The molecule has 2 aromatic heterocycles. The third-order valence-electron chi connectivity index (χ3n) is 5.81. The van der Waals surface area contributed by atoms with Gasteiger partial charge in [-0.15, -0.1) is 0 Å². The number of fused-ring (bicyclic) bond motifs is 1. The molecular formula is C25H26N4O2. The van der Waals surface area contributed by atoms with E-state index in [1.165, 1.54) is 5.56 Å². The molecule has 2 aromatic carbocycles. The van der Waals surface area contributed by atoms with Gasteiger partial charge in [-0.25, -0.2) is 9.97 Å². The topological polar surface area (TPSA) is 61.2 Å². The van der Waals surface area contributed by atoms with Crippen LogP contribution in [0, 0.1) is 6.92 Å². The molecule has 1 aliphatic rings. The molecule has 0 aliphatic carbocycles. The molecule has 0 saturated carbocycles. The number of ether oxygens (including phenoxy) is 2. The number of benzene rings is 2. The third-order valence-corrected chi connectivity index (χ3v) is 5.81. The first kappa shape index (κ1) is 19.6. The van der Waals surface area contributed by atoms with Gasteiger partial charge in [0.2, 0.25) is 0 Å². The Morgan fingerprint density at radius 1 is 1.06 bits per heavy atom. The summed E-state index contributed by atoms with van der Waals surface area (Å²) in [4.78, 5) is 9.33. The maximum absolute atomic E-state index is 5.53. The predicted octanol–water partition coefficient (Wildman–Crippen LogP) is 5.00. The van der Waals surface area contributed by atoms with Crippen molar-refractivity contribution in [1.29, 1.82) is 0 Å². The number of hydrogen-bond acceptors (Lipinski definition) is 5. The van der Waals surface area contributed by atoms with E-state index < -0.39 is 0 Å². The molecule has 1 fully saturated rings. The number of rotatable bonds is 5. The second kappa shape index (κ2) is 8.40. The quantitative estimate of drug-likeness (QED) is 0.498. The van der Waals surface area contributed by atoms with Crippen molar-refractivity contribution < 1.29 is 9.47 Å². The number of aryl methyl sites for hydroxylation is 1. The minimum absolute atomic E-state index is 0.340. The van der Waals surface area contributed by atoms with E-state index in [1.54, 1.807) is 13.4 Å². The molecule has 3 heterocycles. The van der Waals surface area contributed by atoms with Crippen molar-refractivity contribution in [3.05, 3.63) is 66.6 Å². The minimum atomic E-state index is 0.340. The van der Waals surface area contributed by atoms with Gasteiger partial charge in [0.15, 0.2) is 5.65 Å². The van der Waals surface area contributed by atoms with Gasteiger partial charge in [0.05, 0.1) is 12.5 Å². The Morgan fingerprint density at radius 2 is 1.90 bits per heavy atom. The van der Waals surface area contributed by atoms with Crippen molar-refractivity contribution in [1.82, 2.24) is 14.5 Å². The standard InChI is InChI=1S/C25H26N4O2/c1-17-5-3-7-20(13-17)29-15-22(18-6-4-8-21(14-18)30-2)23-24(26-16-27-25(23)29)28-19-9-11-31-12-10-19/h3-8,13-16,19H,9-12H2,1-2H3,(H,26,27,28). The number of methoxy groups -OCH3 is 1. The summed E-state index contributed by atoms with van der Waals surface area (Å²) in [5, 5.41) is 4.68. The van der Waals surface area contributed by atoms with Crippen LogP contribution in [0.1, 0.15) is 18.4 Å². The van der Waals surface area contributed by atoms with E-state index in [0.717, 1.165) is 65.5 Å². The molecule has 0 spiro atoms. The Hall–Kier alpha value is -3.38. The van der Waals surface area contributed by atoms with Crippen LogP contribution in [-0.4, -0.2) is 40.9 Å². The van der Waals surface area contributed by atoms with E-state index in [2.05, 4.69) is 69.4 Å². The lowest BCUT2D eigenvalue weighted by Gasteiger charge is -2.24. The van der Waals surface area contributed by atoms with Gasteiger partial charge in [0, 0.05) is 36.7 Å². The summed E-state index contributed by atoms with van der Waals surface area (Å²) in [6, 6.07) is 16.9. The monoisotopic (exact) mass is 414 g/mol. The molecule has 0 bridgehead atoms. The molecule has 1 N–H and O–H groups in total. The van der Waals surface area contributed by atoms with Crippen LogP contribution in [0.3, 0.4) is 0 Å². The van der Waals surface area contributed by atoms with Crippen LogP contribution < -0.4 is 10.1 Å². The number of hydrogen-bond donors (Lipinski definition) is 1. The van der Waals surface area contributed by atoms with Crippen LogP contribution >= 0.6 is 0 Å². The van der Waals surface area contributed by atoms with Gasteiger partial charge in [-0.2, -0.15) is 0 Å². The normalized spacial score (nSPS) is 14.6. The summed E-state index contributed by atoms with van der Waals surface area (Å²) < 4.78 is 13.2. The molecule has 4 aromatic rings. The number of anilines is 1. The molecule has 0 radical (unpaired) electrons. The van der Waals surface area contributed by atoms with E-state index >= 15 is 0 Å². The van der Waals surface area contributed by atoms with Crippen molar-refractivity contribution in [2.45, 2.75) is 25.8 Å². The van der Waals surface area contributed by atoms with Gasteiger partial charge >= 0.3 is 0 Å². The molecule has 6 heteroatoms. The zero-order valence-corrected chi connectivity index (χ0v) is 17.8. The van der Waals surface area contributed by atoms with E-state index in [0.29, 0.717) is 6.04 Å². The van der Waals surface area contributed by atoms with Gasteiger partial charge in [0.25, 0.3) is 0 Å². The smallest absolute Gasteiger partial charge is 0.150 e. The second-order valence-electron chi connectivity index (χ2n) is 7.94. The van der Waals surface area contributed by atoms with Crippen molar-refractivity contribution in [2.24, 2.45) is 0 Å². The highest BCUT2D eigenvalue weighted by molar-refractivity contribution is 6.02. The maximum Gasteiger partial charge on any atom is 0.150 e. The lowest BCUT2D eigenvalue weighted by molar-refractivity contribution is 0.0904. The van der Waals surface area contributed by atoms with Crippen molar-refractivity contribution in [3.8, 4) is 22.6 Å². The highest BCUT2D eigenvalue weighted by Crippen LogP contribution is 2.37. The van der Waals surface area contributed by atoms with E-state index in [4.69, 9.17) is 9.47 Å². The summed E-state index contributed by atoms with van der Waals surface area (Å²) >= 11 is 0. The van der Waals surface area contributed by atoms with E-state index in [-0.39, 0.29) is 0 Å². The molecule has 158 valence electrons. The molecule has 6 nitrogen and oxygen atoms in total. The first-order valence-electron chi connectivity index (χ1n) is 10.6. The summed E-state index contributed by atoms with van der Waals surface area (Å²) in [5.74, 6) is 1.69. The van der Waals surface area contributed by atoms with Crippen molar-refractivity contribution in [3.63, 3.8) is 0 Å². The van der Waals surface area contributed by atoms with Crippen LogP contribution in [0.25, 0.3) is 27.8 Å². The van der Waals surface area contributed by atoms with Gasteiger partial charge in [-0.1, -0.05) is 24.3 Å². The second-order valence-corrected chi connectivity index (χ2v) is 7.94. The SMILES string of the molecule is COc1cccc(-c2cn(-c3cccc(C)c3)c3ncnc(NC4CCOCC4)c23)c1. The van der Waals surface area contributed by atoms with Gasteiger partial charge < -0.3 is 19.4 Å². The van der Waals surface area contributed by atoms with Crippen LogP contribution in [0.15, 0.2) is 61.1 Å². The molecule has 0 atom stereocenters. The van der Waals surface area contributed by atoms with Gasteiger partial charge in [-0.05, 0) is 55.2 Å². The highest BCUT2D eigenvalue weighted by atomic mass is 16.5. The third kappa shape index (κ3) is 3.86. The first-order chi connectivity index (χ1) is 15.2. The van der Waals surface area contributed by atoms with Crippen LogP contribution in [0.5, 0.6) is 5.75 Å². The Kier molecular flexibility index (Phi) is 5.30. The van der Waals surface area contributed by atoms with Crippen molar-refractivity contribution in [2.75, 3.05) is 25.6 Å². The van der Waals surface area contributed by atoms with E-state index in [9.17, 15) is 0 Å². The molecule has 1 saturated heterocycles. The number of nitrogens with zero attached hydrogens (tertiary/aromatic N) is 3. The fourth-order valence-electron chi connectivity index (χ4n) is 4.19. The maximum atomic E-state index is 5.53. The summed E-state index contributed by atoms with van der Waals surface area (Å²) in [5.41, 5.74) is 5.31. The van der Waals surface area contributed by atoms with Crippen LogP contribution in [0.2, 0.25) is 0 Å².